The normalized spacial score (nSPS) is 14.8. The molecule has 2 N–H and O–H groups in total. The number of carbonyl (C=O) groups excluding carboxylic acids is 1. The molecule has 2 rings (SSSR count). The average Bonchev–Trinajstić information content (AvgIpc) is 2.61. The second kappa shape index (κ2) is 12.6. The minimum Gasteiger partial charge on any atom is -0.492 e. The van der Waals surface area contributed by atoms with E-state index in [1.807, 2.05) is 4.90 Å². The van der Waals surface area contributed by atoms with E-state index in [9.17, 15) is 4.79 Å². The summed E-state index contributed by atoms with van der Waals surface area (Å²) >= 11 is 11.9. The molecular formula is C18H27Cl3N2O3. The molecule has 1 fully saturated rings. The van der Waals surface area contributed by atoms with Crippen LogP contribution in [0.3, 0.4) is 0 Å². The van der Waals surface area contributed by atoms with E-state index in [-0.39, 0.29) is 24.4 Å². The molecule has 5 nitrogen and oxygen atoms in total. The number of hydrogen-bond acceptors (Lipinski definition) is 4. The zero-order valence-electron chi connectivity index (χ0n) is 14.8. The first-order valence-electron chi connectivity index (χ1n) is 8.77. The minimum absolute atomic E-state index is 0. The lowest BCUT2D eigenvalue weighted by Gasteiger charge is -2.32. The molecule has 26 heavy (non-hydrogen) atoms. The van der Waals surface area contributed by atoms with E-state index in [4.69, 9.17) is 38.4 Å². The van der Waals surface area contributed by atoms with Crippen molar-refractivity contribution in [3.63, 3.8) is 0 Å². The summed E-state index contributed by atoms with van der Waals surface area (Å²) in [5, 5.41) is 1.05. The van der Waals surface area contributed by atoms with Crippen LogP contribution in [0.1, 0.15) is 32.1 Å². The van der Waals surface area contributed by atoms with Crippen molar-refractivity contribution >= 4 is 41.5 Å². The van der Waals surface area contributed by atoms with Crippen LogP contribution >= 0.6 is 35.6 Å². The van der Waals surface area contributed by atoms with E-state index in [0.29, 0.717) is 48.4 Å². The Morgan fingerprint density at radius 2 is 1.92 bits per heavy atom. The van der Waals surface area contributed by atoms with Gasteiger partial charge in [0.1, 0.15) is 5.75 Å². The van der Waals surface area contributed by atoms with Crippen molar-refractivity contribution in [3.05, 3.63) is 28.2 Å². The Bertz CT molecular complexity index is 552. The predicted molar refractivity (Wildman–Crippen MR) is 108 cm³/mol. The summed E-state index contributed by atoms with van der Waals surface area (Å²) in [4.78, 5) is 14.2. The van der Waals surface area contributed by atoms with Crippen LogP contribution in [0.15, 0.2) is 18.2 Å². The van der Waals surface area contributed by atoms with Gasteiger partial charge in [0.05, 0.1) is 17.7 Å². The first-order chi connectivity index (χ1) is 12.1. The lowest BCUT2D eigenvalue weighted by atomic mass is 10.1. The van der Waals surface area contributed by atoms with Crippen LogP contribution in [0, 0.1) is 0 Å². The number of piperidine rings is 1. The van der Waals surface area contributed by atoms with Crippen molar-refractivity contribution in [2.24, 2.45) is 5.73 Å². The Hall–Kier alpha value is -0.720. The van der Waals surface area contributed by atoms with E-state index >= 15 is 0 Å². The van der Waals surface area contributed by atoms with Gasteiger partial charge in [-0.2, -0.15) is 0 Å². The monoisotopic (exact) mass is 424 g/mol. The summed E-state index contributed by atoms with van der Waals surface area (Å²) in [6.45, 7) is 3.33. The summed E-state index contributed by atoms with van der Waals surface area (Å²) in [5.74, 6) is 0.764. The van der Waals surface area contributed by atoms with Crippen LogP contribution in [-0.4, -0.2) is 49.8 Å². The molecule has 1 heterocycles. The number of rotatable bonds is 9. The number of hydrogen-bond donors (Lipinski definition) is 1. The van der Waals surface area contributed by atoms with Crippen LogP contribution in [0.4, 0.5) is 0 Å². The van der Waals surface area contributed by atoms with Crippen LogP contribution in [0.25, 0.3) is 0 Å². The van der Waals surface area contributed by atoms with Crippen molar-refractivity contribution in [1.29, 1.82) is 0 Å². The number of nitrogens with zero attached hydrogens (tertiary/aromatic N) is 1. The number of ether oxygens (including phenoxy) is 2. The number of amides is 1. The first-order valence-corrected chi connectivity index (χ1v) is 9.53. The van der Waals surface area contributed by atoms with Gasteiger partial charge in [-0.05, 0) is 50.4 Å². The Labute approximate surface area is 171 Å². The van der Waals surface area contributed by atoms with Crippen LogP contribution in [0.5, 0.6) is 5.75 Å². The van der Waals surface area contributed by atoms with Gasteiger partial charge in [0.15, 0.2) is 0 Å². The second-order valence-electron chi connectivity index (χ2n) is 6.12. The lowest BCUT2D eigenvalue weighted by molar-refractivity contribution is -0.134. The maximum absolute atomic E-state index is 12.3. The number of halogens is 3. The Morgan fingerprint density at radius 1 is 1.19 bits per heavy atom. The molecule has 0 atom stereocenters. The predicted octanol–water partition coefficient (Wildman–Crippen LogP) is 3.93. The fraction of sp³-hybridized carbons (Fsp3) is 0.611. The minimum atomic E-state index is 0. The molecule has 1 aliphatic rings. The summed E-state index contributed by atoms with van der Waals surface area (Å²) in [5.41, 5.74) is 5.46. The van der Waals surface area contributed by atoms with Gasteiger partial charge in [-0.3, -0.25) is 4.79 Å². The maximum atomic E-state index is 12.3. The van der Waals surface area contributed by atoms with Crippen molar-refractivity contribution in [2.75, 3.05) is 32.8 Å². The summed E-state index contributed by atoms with van der Waals surface area (Å²) in [6, 6.07) is 5.11. The van der Waals surface area contributed by atoms with Gasteiger partial charge in [0.2, 0.25) is 5.91 Å². The number of likely N-dealkylation sites (tertiary alicyclic amines) is 1. The molecule has 0 bridgehead atoms. The Morgan fingerprint density at radius 3 is 2.58 bits per heavy atom. The van der Waals surface area contributed by atoms with Crippen molar-refractivity contribution in [3.8, 4) is 5.75 Å². The highest BCUT2D eigenvalue weighted by atomic mass is 35.5. The van der Waals surface area contributed by atoms with Gasteiger partial charge in [-0.1, -0.05) is 23.2 Å². The third-order valence-electron chi connectivity index (χ3n) is 4.18. The fourth-order valence-corrected chi connectivity index (χ4v) is 3.22. The van der Waals surface area contributed by atoms with Crippen molar-refractivity contribution < 1.29 is 14.3 Å². The highest BCUT2D eigenvalue weighted by molar-refractivity contribution is 6.35. The smallest absolute Gasteiger partial charge is 0.222 e. The van der Waals surface area contributed by atoms with Crippen LogP contribution < -0.4 is 10.5 Å². The fourth-order valence-electron chi connectivity index (χ4n) is 2.76. The van der Waals surface area contributed by atoms with Gasteiger partial charge in [0.25, 0.3) is 0 Å². The molecule has 1 aromatic carbocycles. The van der Waals surface area contributed by atoms with Crippen molar-refractivity contribution in [1.82, 2.24) is 4.90 Å². The molecule has 0 aromatic heterocycles. The third-order valence-corrected chi connectivity index (χ3v) is 4.71. The Balaban J connectivity index is 0.00000338. The molecule has 1 amide bonds. The zero-order chi connectivity index (χ0) is 18.1. The molecule has 8 heteroatoms. The summed E-state index contributed by atoms with van der Waals surface area (Å²) in [6.07, 6.45) is 4.07. The number of benzene rings is 1. The van der Waals surface area contributed by atoms with E-state index in [1.165, 1.54) is 0 Å². The topological polar surface area (TPSA) is 64.8 Å². The number of nitrogens with two attached hydrogens (primary N) is 1. The maximum Gasteiger partial charge on any atom is 0.222 e. The second-order valence-corrected chi connectivity index (χ2v) is 6.96. The molecule has 0 spiro atoms. The largest absolute Gasteiger partial charge is 0.492 e. The Kier molecular flexibility index (Phi) is 11.3. The lowest BCUT2D eigenvalue weighted by Crippen LogP contribution is -2.41. The molecule has 0 radical (unpaired) electrons. The first kappa shape index (κ1) is 23.3. The van der Waals surface area contributed by atoms with Gasteiger partial charge in [-0.25, -0.2) is 0 Å². The van der Waals surface area contributed by atoms with Crippen LogP contribution in [0.2, 0.25) is 10.0 Å². The van der Waals surface area contributed by atoms with Crippen LogP contribution in [-0.2, 0) is 9.53 Å². The highest BCUT2D eigenvalue weighted by Crippen LogP contribution is 2.27. The molecule has 1 saturated heterocycles. The van der Waals surface area contributed by atoms with E-state index in [0.717, 1.165) is 32.4 Å². The summed E-state index contributed by atoms with van der Waals surface area (Å²) in [7, 11) is 0. The molecule has 1 aliphatic heterocycles. The van der Waals surface area contributed by atoms with E-state index in [2.05, 4.69) is 0 Å². The molecule has 0 aliphatic carbocycles. The van der Waals surface area contributed by atoms with E-state index < -0.39 is 0 Å². The molecule has 0 unspecified atom stereocenters. The van der Waals surface area contributed by atoms with Gasteiger partial charge >= 0.3 is 0 Å². The van der Waals surface area contributed by atoms with E-state index in [1.54, 1.807) is 18.2 Å². The number of carbonyl (C=O) groups is 1. The molecule has 148 valence electrons. The zero-order valence-corrected chi connectivity index (χ0v) is 17.1. The quantitative estimate of drug-likeness (QED) is 0.609. The molecule has 1 aromatic rings. The third kappa shape index (κ3) is 7.89. The SMILES string of the molecule is Cl.NCCCOC1CCN(C(=O)CCCOc2ccc(Cl)cc2Cl)CC1. The molecular weight excluding hydrogens is 399 g/mol. The van der Waals surface area contributed by atoms with Gasteiger partial charge in [-0.15, -0.1) is 12.4 Å². The summed E-state index contributed by atoms with van der Waals surface area (Å²) < 4.78 is 11.4. The average molecular weight is 426 g/mol. The van der Waals surface area contributed by atoms with Gasteiger partial charge < -0.3 is 20.1 Å². The van der Waals surface area contributed by atoms with Crippen molar-refractivity contribution in [2.45, 2.75) is 38.2 Å². The molecule has 0 saturated carbocycles. The standard InChI is InChI=1S/C18H26Cl2N2O3.ClH/c19-14-4-5-17(16(20)13-14)25-11-1-3-18(23)22-9-6-15(7-10-22)24-12-2-8-21;/h4-5,13,15H,1-3,6-12,21H2;1H. The van der Waals surface area contributed by atoms with Gasteiger partial charge in [0, 0.05) is 31.1 Å². The highest BCUT2D eigenvalue weighted by Gasteiger charge is 2.22.